The van der Waals surface area contributed by atoms with Crippen molar-refractivity contribution in [2.45, 2.75) is 13.0 Å². The van der Waals surface area contributed by atoms with Gasteiger partial charge in [0.05, 0.1) is 24.3 Å². The number of ketones is 1. The fourth-order valence-electron chi connectivity index (χ4n) is 3.59. The van der Waals surface area contributed by atoms with E-state index in [9.17, 15) is 19.1 Å². The normalized spacial score (nSPS) is 18.3. The van der Waals surface area contributed by atoms with E-state index in [1.54, 1.807) is 24.3 Å². The van der Waals surface area contributed by atoms with Gasteiger partial charge in [0.15, 0.2) is 0 Å². The molecule has 1 unspecified atom stereocenters. The molecular formula is C23H25FN2O4. The number of hydrogen-bond donors (Lipinski definition) is 1. The minimum atomic E-state index is -1.03. The molecular weight excluding hydrogens is 387 g/mol. The number of likely N-dealkylation sites (N-methyl/N-ethyl adjacent to an activating group) is 1. The molecule has 0 spiro atoms. The lowest BCUT2D eigenvalue weighted by Crippen LogP contribution is -2.35. The summed E-state index contributed by atoms with van der Waals surface area (Å²) in [6.07, 6.45) is 0. The van der Waals surface area contributed by atoms with Crippen LogP contribution >= 0.6 is 0 Å². The van der Waals surface area contributed by atoms with Crippen LogP contribution in [0.5, 0.6) is 5.75 Å². The molecule has 1 N–H and O–H groups in total. The Kier molecular flexibility index (Phi) is 6.22. The van der Waals surface area contributed by atoms with Gasteiger partial charge in [0.25, 0.3) is 11.7 Å². The van der Waals surface area contributed by atoms with Crippen molar-refractivity contribution in [2.75, 3.05) is 34.3 Å². The first-order chi connectivity index (χ1) is 14.3. The average Bonchev–Trinajstić information content (AvgIpc) is 2.96. The molecule has 2 aromatic rings. The molecule has 3 rings (SSSR count). The molecule has 6 nitrogen and oxygen atoms in total. The number of Topliss-reactive ketones (excluding diaryl/α,β-unsaturated/α-hetero) is 1. The maximum absolute atomic E-state index is 14.7. The fraction of sp³-hybridized carbons (Fsp3) is 0.304. The fourth-order valence-corrected chi connectivity index (χ4v) is 3.59. The molecule has 1 heterocycles. The second-order valence-electron chi connectivity index (χ2n) is 7.52. The van der Waals surface area contributed by atoms with Gasteiger partial charge >= 0.3 is 0 Å². The minimum Gasteiger partial charge on any atom is -0.507 e. The summed E-state index contributed by atoms with van der Waals surface area (Å²) in [5, 5.41) is 11.1. The maximum atomic E-state index is 14.7. The average molecular weight is 412 g/mol. The van der Waals surface area contributed by atoms with Gasteiger partial charge in [-0.05, 0) is 39.2 Å². The Bertz CT molecular complexity index is 1020. The number of hydrogen-bond acceptors (Lipinski definition) is 5. The van der Waals surface area contributed by atoms with E-state index in [4.69, 9.17) is 4.74 Å². The number of aliphatic hydroxyl groups is 1. The first-order valence-corrected chi connectivity index (χ1v) is 9.58. The number of aryl methyl sites for hydroxylation is 1. The summed E-state index contributed by atoms with van der Waals surface area (Å²) in [5.74, 6) is -2.19. The number of aliphatic hydroxyl groups excluding tert-OH is 1. The van der Waals surface area contributed by atoms with E-state index in [0.717, 1.165) is 5.56 Å². The van der Waals surface area contributed by atoms with E-state index < -0.39 is 23.5 Å². The van der Waals surface area contributed by atoms with Crippen molar-refractivity contribution >= 4 is 17.4 Å². The SMILES string of the molecule is COc1ccc(C)cc1/C(O)=C1\C(=O)C(=O)N(CCN(C)C)C1c1ccccc1F. The Balaban J connectivity index is 2.24. The first kappa shape index (κ1) is 21.5. The van der Waals surface area contributed by atoms with Crippen LogP contribution in [0.3, 0.4) is 0 Å². The van der Waals surface area contributed by atoms with E-state index in [-0.39, 0.29) is 29.0 Å². The second kappa shape index (κ2) is 8.67. The molecule has 1 fully saturated rings. The lowest BCUT2D eigenvalue weighted by Gasteiger charge is -2.27. The zero-order valence-corrected chi connectivity index (χ0v) is 17.5. The quantitative estimate of drug-likeness (QED) is 0.449. The highest BCUT2D eigenvalue weighted by Gasteiger charge is 2.47. The Morgan fingerprint density at radius 2 is 1.90 bits per heavy atom. The summed E-state index contributed by atoms with van der Waals surface area (Å²) < 4.78 is 20.1. The van der Waals surface area contributed by atoms with E-state index in [1.807, 2.05) is 25.9 Å². The van der Waals surface area contributed by atoms with Crippen molar-refractivity contribution in [3.05, 3.63) is 70.5 Å². The number of carbonyl (C=O) groups is 2. The third-order valence-electron chi connectivity index (χ3n) is 5.14. The summed E-state index contributed by atoms with van der Waals surface area (Å²) in [6.45, 7) is 2.52. The van der Waals surface area contributed by atoms with Crippen molar-refractivity contribution in [3.63, 3.8) is 0 Å². The predicted molar refractivity (Wildman–Crippen MR) is 112 cm³/mol. The summed E-state index contributed by atoms with van der Waals surface area (Å²) in [4.78, 5) is 29.0. The van der Waals surface area contributed by atoms with Gasteiger partial charge in [0, 0.05) is 18.7 Å². The van der Waals surface area contributed by atoms with E-state index in [0.29, 0.717) is 12.3 Å². The zero-order valence-electron chi connectivity index (χ0n) is 17.5. The molecule has 0 radical (unpaired) electrons. The van der Waals surface area contributed by atoms with E-state index in [1.165, 1.54) is 30.2 Å². The van der Waals surface area contributed by atoms with Crippen LogP contribution in [0.4, 0.5) is 4.39 Å². The zero-order chi connectivity index (χ0) is 22.0. The van der Waals surface area contributed by atoms with Crippen LogP contribution in [0.25, 0.3) is 5.76 Å². The summed E-state index contributed by atoms with van der Waals surface area (Å²) in [7, 11) is 5.13. The highest BCUT2D eigenvalue weighted by Crippen LogP contribution is 2.41. The van der Waals surface area contributed by atoms with Crippen molar-refractivity contribution < 1.29 is 23.8 Å². The molecule has 1 amide bonds. The van der Waals surface area contributed by atoms with Gasteiger partial charge in [-0.25, -0.2) is 4.39 Å². The van der Waals surface area contributed by atoms with Crippen molar-refractivity contribution in [2.24, 2.45) is 0 Å². The molecule has 0 aliphatic carbocycles. The van der Waals surface area contributed by atoms with Crippen LogP contribution < -0.4 is 4.74 Å². The van der Waals surface area contributed by atoms with Gasteiger partial charge in [-0.2, -0.15) is 0 Å². The Morgan fingerprint density at radius 3 is 2.53 bits per heavy atom. The largest absolute Gasteiger partial charge is 0.507 e. The highest BCUT2D eigenvalue weighted by atomic mass is 19.1. The molecule has 0 saturated carbocycles. The van der Waals surface area contributed by atoms with Crippen LogP contribution in [-0.4, -0.2) is 60.9 Å². The van der Waals surface area contributed by atoms with Crippen LogP contribution in [0.1, 0.15) is 22.7 Å². The Morgan fingerprint density at radius 1 is 1.20 bits per heavy atom. The molecule has 30 heavy (non-hydrogen) atoms. The smallest absolute Gasteiger partial charge is 0.295 e. The predicted octanol–water partition coefficient (Wildman–Crippen LogP) is 3.13. The number of halogens is 1. The first-order valence-electron chi connectivity index (χ1n) is 9.58. The van der Waals surface area contributed by atoms with Crippen LogP contribution in [0.15, 0.2) is 48.0 Å². The maximum Gasteiger partial charge on any atom is 0.295 e. The molecule has 1 atom stereocenters. The minimum absolute atomic E-state index is 0.146. The Labute approximate surface area is 175 Å². The summed E-state index contributed by atoms with van der Waals surface area (Å²) in [5.41, 5.74) is 1.13. The van der Waals surface area contributed by atoms with Gasteiger partial charge in [-0.3, -0.25) is 9.59 Å². The number of benzene rings is 2. The summed E-state index contributed by atoms with van der Waals surface area (Å²) >= 11 is 0. The lowest BCUT2D eigenvalue weighted by molar-refractivity contribution is -0.140. The van der Waals surface area contributed by atoms with Gasteiger partial charge in [-0.1, -0.05) is 29.8 Å². The second-order valence-corrected chi connectivity index (χ2v) is 7.52. The molecule has 1 aliphatic heterocycles. The molecule has 1 saturated heterocycles. The lowest BCUT2D eigenvalue weighted by atomic mass is 9.94. The van der Waals surface area contributed by atoms with Crippen LogP contribution in [-0.2, 0) is 9.59 Å². The standard InChI is InChI=1S/C23H25FN2O4/c1-14-9-10-18(30-4)16(13-14)21(27)19-20(15-7-5-6-8-17(15)24)26(12-11-25(2)3)23(29)22(19)28/h5-10,13,20,27H,11-12H2,1-4H3/b21-19+. The number of carbonyl (C=O) groups excluding carboxylic acids is 2. The summed E-state index contributed by atoms with van der Waals surface area (Å²) in [6, 6.07) is 10.1. The number of nitrogens with zero attached hydrogens (tertiary/aromatic N) is 2. The molecule has 0 aromatic heterocycles. The monoisotopic (exact) mass is 412 g/mol. The number of likely N-dealkylation sites (tertiary alicyclic amines) is 1. The number of methoxy groups -OCH3 is 1. The molecule has 7 heteroatoms. The number of rotatable bonds is 6. The van der Waals surface area contributed by atoms with Gasteiger partial charge in [0.2, 0.25) is 0 Å². The van der Waals surface area contributed by atoms with Gasteiger partial charge in [0.1, 0.15) is 17.3 Å². The molecule has 2 aromatic carbocycles. The third-order valence-corrected chi connectivity index (χ3v) is 5.14. The van der Waals surface area contributed by atoms with Crippen molar-refractivity contribution in [3.8, 4) is 5.75 Å². The van der Waals surface area contributed by atoms with Crippen LogP contribution in [0, 0.1) is 12.7 Å². The van der Waals surface area contributed by atoms with Crippen LogP contribution in [0.2, 0.25) is 0 Å². The third kappa shape index (κ3) is 3.93. The molecule has 1 aliphatic rings. The van der Waals surface area contributed by atoms with E-state index >= 15 is 0 Å². The van der Waals surface area contributed by atoms with Gasteiger partial charge < -0.3 is 19.6 Å². The molecule has 0 bridgehead atoms. The van der Waals surface area contributed by atoms with Gasteiger partial charge in [-0.15, -0.1) is 0 Å². The Hall–Kier alpha value is -3.19. The van der Waals surface area contributed by atoms with E-state index in [2.05, 4.69) is 0 Å². The van der Waals surface area contributed by atoms with Crippen molar-refractivity contribution in [1.82, 2.24) is 9.80 Å². The topological polar surface area (TPSA) is 70.1 Å². The number of ether oxygens (including phenoxy) is 1. The highest BCUT2D eigenvalue weighted by molar-refractivity contribution is 6.46. The number of amides is 1. The van der Waals surface area contributed by atoms with Crippen molar-refractivity contribution in [1.29, 1.82) is 0 Å². The molecule has 158 valence electrons.